The second-order valence-corrected chi connectivity index (χ2v) is 6.43. The Bertz CT molecular complexity index is 1060. The predicted molar refractivity (Wildman–Crippen MR) is 115 cm³/mol. The molecular weight excluding hydrogens is 408 g/mol. The number of nitrogens with zero attached hydrogens (tertiary/aromatic N) is 2. The van der Waals surface area contributed by atoms with Gasteiger partial charge in [0.1, 0.15) is 12.0 Å². The molecule has 1 amide bonds. The maximum atomic E-state index is 12.2. The number of ether oxygens (including phenoxy) is 1. The van der Waals surface area contributed by atoms with E-state index in [9.17, 15) is 9.59 Å². The number of halogens is 1. The fourth-order valence-corrected chi connectivity index (χ4v) is 2.64. The van der Waals surface area contributed by atoms with Crippen LogP contribution in [0.3, 0.4) is 0 Å². The number of hydrazine groups is 1. The molecule has 0 radical (unpaired) electrons. The molecule has 0 aliphatic rings. The van der Waals surface area contributed by atoms with Crippen LogP contribution in [0.4, 0.5) is 23.0 Å². The SMILES string of the molecule is CCOC(=O)c1ccc(Nc2ncnc(NNC(=O)c3cccc(Cl)c3)c2N)cc1. The maximum Gasteiger partial charge on any atom is 0.338 e. The van der Waals surface area contributed by atoms with Crippen LogP contribution in [0.2, 0.25) is 5.02 Å². The lowest BCUT2D eigenvalue weighted by Crippen LogP contribution is -2.30. The molecular formula is C20H19ClN6O3. The van der Waals surface area contributed by atoms with Gasteiger partial charge in [-0.3, -0.25) is 15.6 Å². The highest BCUT2D eigenvalue weighted by Crippen LogP contribution is 2.25. The van der Waals surface area contributed by atoms with E-state index in [-0.39, 0.29) is 11.5 Å². The first-order valence-corrected chi connectivity index (χ1v) is 9.32. The Morgan fingerprint density at radius 2 is 1.80 bits per heavy atom. The largest absolute Gasteiger partial charge is 0.462 e. The summed E-state index contributed by atoms with van der Waals surface area (Å²) in [6.07, 6.45) is 1.29. The third-order valence-electron chi connectivity index (χ3n) is 3.92. The van der Waals surface area contributed by atoms with Gasteiger partial charge in [-0.25, -0.2) is 14.8 Å². The minimum atomic E-state index is -0.403. The van der Waals surface area contributed by atoms with Crippen LogP contribution in [-0.4, -0.2) is 28.5 Å². The van der Waals surface area contributed by atoms with Crippen molar-refractivity contribution in [2.75, 3.05) is 23.1 Å². The number of nitrogens with two attached hydrogens (primary N) is 1. The summed E-state index contributed by atoms with van der Waals surface area (Å²) in [7, 11) is 0. The Morgan fingerprint density at radius 3 is 2.50 bits per heavy atom. The summed E-state index contributed by atoms with van der Waals surface area (Å²) in [5.74, 6) is -0.258. The summed E-state index contributed by atoms with van der Waals surface area (Å²) >= 11 is 5.90. The van der Waals surface area contributed by atoms with E-state index < -0.39 is 11.9 Å². The minimum absolute atomic E-state index is 0.193. The summed E-state index contributed by atoms with van der Waals surface area (Å²) in [5.41, 5.74) is 12.9. The predicted octanol–water partition coefficient (Wildman–Crippen LogP) is 3.39. The van der Waals surface area contributed by atoms with Crippen LogP contribution in [0.5, 0.6) is 0 Å². The third kappa shape index (κ3) is 5.15. The van der Waals surface area contributed by atoms with Crippen LogP contribution >= 0.6 is 11.6 Å². The van der Waals surface area contributed by atoms with Crippen molar-refractivity contribution in [1.29, 1.82) is 0 Å². The lowest BCUT2D eigenvalue weighted by Gasteiger charge is -2.13. The van der Waals surface area contributed by atoms with Gasteiger partial charge in [-0.2, -0.15) is 0 Å². The minimum Gasteiger partial charge on any atom is -0.462 e. The summed E-state index contributed by atoms with van der Waals surface area (Å²) in [6, 6.07) is 13.2. The Labute approximate surface area is 177 Å². The maximum absolute atomic E-state index is 12.2. The van der Waals surface area contributed by atoms with Crippen LogP contribution in [0.25, 0.3) is 0 Å². The number of amides is 1. The van der Waals surface area contributed by atoms with Crippen molar-refractivity contribution in [2.45, 2.75) is 6.92 Å². The van der Waals surface area contributed by atoms with Gasteiger partial charge >= 0.3 is 5.97 Å². The molecule has 0 atom stereocenters. The molecule has 9 nitrogen and oxygen atoms in total. The number of nitrogens with one attached hydrogen (secondary N) is 3. The average Bonchev–Trinajstić information content (AvgIpc) is 2.75. The average molecular weight is 427 g/mol. The zero-order valence-corrected chi connectivity index (χ0v) is 16.7. The third-order valence-corrected chi connectivity index (χ3v) is 4.16. The van der Waals surface area contributed by atoms with Crippen molar-refractivity contribution in [2.24, 2.45) is 0 Å². The number of nitrogen functional groups attached to an aromatic ring is 1. The summed E-state index contributed by atoms with van der Waals surface area (Å²) in [6.45, 7) is 2.05. The molecule has 10 heteroatoms. The second-order valence-electron chi connectivity index (χ2n) is 6.00. The zero-order chi connectivity index (χ0) is 21.5. The van der Waals surface area contributed by atoms with E-state index in [1.807, 2.05) is 0 Å². The molecule has 5 N–H and O–H groups in total. The molecule has 0 aliphatic heterocycles. The molecule has 3 aromatic rings. The fraction of sp³-hybridized carbons (Fsp3) is 0.100. The molecule has 0 unspecified atom stereocenters. The van der Waals surface area contributed by atoms with Gasteiger partial charge in [0.2, 0.25) is 0 Å². The highest BCUT2D eigenvalue weighted by molar-refractivity contribution is 6.30. The lowest BCUT2D eigenvalue weighted by molar-refractivity contribution is 0.0526. The monoisotopic (exact) mass is 426 g/mol. The van der Waals surface area contributed by atoms with Crippen LogP contribution in [-0.2, 0) is 4.74 Å². The molecule has 0 spiro atoms. The van der Waals surface area contributed by atoms with Crippen molar-refractivity contribution < 1.29 is 14.3 Å². The molecule has 1 heterocycles. The Balaban J connectivity index is 1.67. The smallest absolute Gasteiger partial charge is 0.338 e. The first-order valence-electron chi connectivity index (χ1n) is 8.94. The highest BCUT2D eigenvalue weighted by atomic mass is 35.5. The number of rotatable bonds is 7. The van der Waals surface area contributed by atoms with Crippen LogP contribution in [0.15, 0.2) is 54.9 Å². The Kier molecular flexibility index (Phi) is 6.66. The van der Waals surface area contributed by atoms with Crippen molar-refractivity contribution in [1.82, 2.24) is 15.4 Å². The Hall–Kier alpha value is -3.85. The summed E-state index contributed by atoms with van der Waals surface area (Å²) in [4.78, 5) is 32.1. The topological polar surface area (TPSA) is 131 Å². The first kappa shape index (κ1) is 20.9. The summed E-state index contributed by atoms with van der Waals surface area (Å²) < 4.78 is 4.96. The van der Waals surface area contributed by atoms with E-state index >= 15 is 0 Å². The van der Waals surface area contributed by atoms with Gasteiger partial charge in [-0.05, 0) is 49.4 Å². The van der Waals surface area contributed by atoms with E-state index in [4.69, 9.17) is 22.1 Å². The van der Waals surface area contributed by atoms with Gasteiger partial charge in [0.15, 0.2) is 11.6 Å². The van der Waals surface area contributed by atoms with Crippen molar-refractivity contribution in [3.63, 3.8) is 0 Å². The number of esters is 1. The molecule has 3 rings (SSSR count). The first-order chi connectivity index (χ1) is 14.5. The lowest BCUT2D eigenvalue weighted by atomic mass is 10.2. The van der Waals surface area contributed by atoms with Gasteiger partial charge in [0.05, 0.1) is 12.2 Å². The molecule has 2 aromatic carbocycles. The quantitative estimate of drug-likeness (QED) is 0.334. The van der Waals surface area contributed by atoms with Crippen molar-refractivity contribution in [3.05, 3.63) is 71.0 Å². The molecule has 30 heavy (non-hydrogen) atoms. The van der Waals surface area contributed by atoms with E-state index in [1.165, 1.54) is 12.4 Å². The van der Waals surface area contributed by atoms with Crippen LogP contribution in [0.1, 0.15) is 27.6 Å². The molecule has 0 saturated carbocycles. The number of hydrogen-bond acceptors (Lipinski definition) is 8. The number of carbonyl (C=O) groups excluding carboxylic acids is 2. The number of aromatic nitrogens is 2. The van der Waals surface area contributed by atoms with E-state index in [0.717, 1.165) is 0 Å². The van der Waals surface area contributed by atoms with Gasteiger partial charge in [-0.15, -0.1) is 0 Å². The number of benzene rings is 2. The van der Waals surface area contributed by atoms with Gasteiger partial charge in [0.25, 0.3) is 5.91 Å². The molecule has 0 aliphatic carbocycles. The molecule has 0 saturated heterocycles. The molecule has 0 bridgehead atoms. The van der Waals surface area contributed by atoms with E-state index in [0.29, 0.717) is 34.3 Å². The van der Waals surface area contributed by atoms with Gasteiger partial charge < -0.3 is 15.8 Å². The number of carbonyl (C=O) groups is 2. The van der Waals surface area contributed by atoms with E-state index in [1.54, 1.807) is 49.4 Å². The van der Waals surface area contributed by atoms with Crippen molar-refractivity contribution in [3.8, 4) is 0 Å². The molecule has 154 valence electrons. The van der Waals surface area contributed by atoms with Gasteiger partial charge in [-0.1, -0.05) is 17.7 Å². The Morgan fingerprint density at radius 1 is 1.07 bits per heavy atom. The number of hydrogen-bond donors (Lipinski definition) is 4. The number of anilines is 4. The highest BCUT2D eigenvalue weighted by Gasteiger charge is 2.12. The molecule has 0 fully saturated rings. The summed E-state index contributed by atoms with van der Waals surface area (Å²) in [5, 5.41) is 3.49. The van der Waals surface area contributed by atoms with Crippen LogP contribution < -0.4 is 21.9 Å². The van der Waals surface area contributed by atoms with Crippen molar-refractivity contribution >= 4 is 46.5 Å². The standard InChI is InChI=1S/C20H19ClN6O3/c1-2-30-20(29)12-6-8-15(9-7-12)25-17-16(22)18(24-11-23-17)26-27-19(28)13-4-3-5-14(21)10-13/h3-11H,2,22H2,1H3,(H,27,28)(H2,23,24,25,26). The normalized spacial score (nSPS) is 10.2. The van der Waals surface area contributed by atoms with Gasteiger partial charge in [0, 0.05) is 16.3 Å². The zero-order valence-electron chi connectivity index (χ0n) is 16.0. The molecule has 1 aromatic heterocycles. The van der Waals surface area contributed by atoms with Crippen LogP contribution in [0, 0.1) is 0 Å². The second kappa shape index (κ2) is 9.57. The fourth-order valence-electron chi connectivity index (χ4n) is 2.45. The van der Waals surface area contributed by atoms with E-state index in [2.05, 4.69) is 26.1 Å².